The van der Waals surface area contributed by atoms with Crippen molar-refractivity contribution >= 4 is 23.6 Å². The van der Waals surface area contributed by atoms with Crippen LogP contribution in [0, 0.1) is 13.8 Å². The van der Waals surface area contributed by atoms with Gasteiger partial charge in [0.2, 0.25) is 5.91 Å². The van der Waals surface area contributed by atoms with E-state index >= 15 is 0 Å². The number of primary amides is 1. The number of carbonyl (C=O) groups is 1. The molecule has 5 nitrogen and oxygen atoms in total. The molecule has 0 aromatic heterocycles. The Kier molecular flexibility index (Phi) is 8.84. The summed E-state index contributed by atoms with van der Waals surface area (Å²) in [6, 6.07) is 22.9. The van der Waals surface area contributed by atoms with Gasteiger partial charge in [0, 0.05) is 18.1 Å². The minimum Gasteiger partial charge on any atom is -0.494 e. The zero-order valence-corrected chi connectivity index (χ0v) is 23.6. The van der Waals surface area contributed by atoms with Crippen LogP contribution in [0.2, 0.25) is 0 Å². The molecular weight excluding hydrogens is 501 g/mol. The van der Waals surface area contributed by atoms with E-state index in [1.807, 2.05) is 24.3 Å². The van der Waals surface area contributed by atoms with Crippen LogP contribution in [0.1, 0.15) is 36.0 Å². The largest absolute Gasteiger partial charge is 0.494 e. The van der Waals surface area contributed by atoms with E-state index in [4.69, 9.17) is 15.2 Å². The Bertz CT molecular complexity index is 1280. The van der Waals surface area contributed by atoms with Gasteiger partial charge in [-0.2, -0.15) is 0 Å². The Hall–Kier alpha value is -2.53. The van der Waals surface area contributed by atoms with E-state index < -0.39 is 17.4 Å². The molecule has 0 aliphatic carbocycles. The van der Waals surface area contributed by atoms with Gasteiger partial charge in [-0.25, -0.2) is 0 Å². The molecule has 7 heteroatoms. The summed E-state index contributed by atoms with van der Waals surface area (Å²) in [5.74, 6) is 0.281. The number of rotatable bonds is 10. The maximum atomic E-state index is 13.7. The van der Waals surface area contributed by atoms with E-state index in [0.29, 0.717) is 32.7 Å². The molecule has 3 aromatic carbocycles. The number of amides is 1. The van der Waals surface area contributed by atoms with Crippen LogP contribution < -0.4 is 10.5 Å². The molecule has 0 bridgehead atoms. The van der Waals surface area contributed by atoms with Crippen molar-refractivity contribution in [1.82, 2.24) is 0 Å². The van der Waals surface area contributed by atoms with Crippen LogP contribution in [0.4, 0.5) is 0 Å². The Balaban J connectivity index is 1.30. The van der Waals surface area contributed by atoms with Crippen molar-refractivity contribution in [2.75, 3.05) is 26.5 Å². The first-order valence-electron chi connectivity index (χ1n) is 12.7. The van der Waals surface area contributed by atoms with Gasteiger partial charge in [-0.3, -0.25) is 4.79 Å². The maximum absolute atomic E-state index is 13.7. The predicted octanol–water partition coefficient (Wildman–Crippen LogP) is 7.02. The molecule has 1 atom stereocenters. The third-order valence-electron chi connectivity index (χ3n) is 7.16. The van der Waals surface area contributed by atoms with Gasteiger partial charge < -0.3 is 19.8 Å². The molecule has 196 valence electrons. The molecule has 2 N–H and O–H groups in total. The molecule has 1 unspecified atom stereocenters. The molecule has 37 heavy (non-hydrogen) atoms. The molecule has 1 heterocycles. The van der Waals surface area contributed by atoms with Gasteiger partial charge in [0.25, 0.3) is 0 Å². The van der Waals surface area contributed by atoms with Gasteiger partial charge in [0.1, 0.15) is 10.9 Å². The highest BCUT2D eigenvalue weighted by molar-refractivity contribution is 8.58. The van der Waals surface area contributed by atoms with Gasteiger partial charge in [-0.05, 0) is 92.7 Å². The number of nitrogens with two attached hydrogens (primary N) is 1. The summed E-state index contributed by atoms with van der Waals surface area (Å²) in [5, 5.41) is -1.01. The molecule has 1 aliphatic rings. The lowest BCUT2D eigenvalue weighted by Gasteiger charge is -2.38. The van der Waals surface area contributed by atoms with Gasteiger partial charge in [-0.1, -0.05) is 59.4 Å². The van der Waals surface area contributed by atoms with Crippen molar-refractivity contribution in [3.63, 3.8) is 0 Å². The van der Waals surface area contributed by atoms with Crippen LogP contribution in [0.3, 0.4) is 0 Å². The normalized spacial score (nSPS) is 16.6. The lowest BCUT2D eigenvalue weighted by atomic mass is 9.96. The van der Waals surface area contributed by atoms with Gasteiger partial charge in [0.15, 0.2) is 6.34 Å². The third kappa shape index (κ3) is 6.49. The highest BCUT2D eigenvalue weighted by Crippen LogP contribution is 2.70. The second-order valence-corrected chi connectivity index (χ2v) is 15.7. The number of carbonyl (C=O) groups excluding carboxylic acids is 1. The fourth-order valence-electron chi connectivity index (χ4n) is 4.95. The quantitative estimate of drug-likeness (QED) is 0.222. The van der Waals surface area contributed by atoms with Crippen molar-refractivity contribution in [2.45, 2.75) is 49.6 Å². The summed E-state index contributed by atoms with van der Waals surface area (Å²) in [6.07, 6.45) is -0.324. The van der Waals surface area contributed by atoms with Gasteiger partial charge in [0.05, 0.1) is 6.61 Å². The van der Waals surface area contributed by atoms with Crippen LogP contribution in [-0.4, -0.2) is 37.5 Å². The standard InChI is InChI=1S/C30H36NO4PS/c1-22-9-14-28(23(2)20-22)25-8-4-6-24(21-25)7-5-17-35-26-10-12-27(13-11-26)37-36(3,33)30(29(31)32)15-18-34-19-16-30/h4,6,8-14,20-21H,5,7,15-19H2,1-3H3,(H2,31,32). The minimum atomic E-state index is -2.96. The van der Waals surface area contributed by atoms with Crippen LogP contribution in [-0.2, 0) is 20.5 Å². The SMILES string of the molecule is Cc1ccc(-c2cccc(CCCOc3ccc(SP(C)(=O)C4(C(N)=O)CCOCC4)cc3)c2)c(C)c1. The summed E-state index contributed by atoms with van der Waals surface area (Å²) < 4.78 is 25.0. The van der Waals surface area contributed by atoms with Crippen LogP contribution in [0.25, 0.3) is 11.1 Å². The van der Waals surface area contributed by atoms with Crippen LogP contribution >= 0.6 is 17.7 Å². The van der Waals surface area contributed by atoms with Crippen molar-refractivity contribution in [1.29, 1.82) is 0 Å². The van der Waals surface area contributed by atoms with Gasteiger partial charge >= 0.3 is 0 Å². The fraction of sp³-hybridized carbons (Fsp3) is 0.367. The Morgan fingerprint density at radius 3 is 2.46 bits per heavy atom. The Morgan fingerprint density at radius 2 is 1.78 bits per heavy atom. The monoisotopic (exact) mass is 537 g/mol. The summed E-state index contributed by atoms with van der Waals surface area (Å²) >= 11 is 1.26. The predicted molar refractivity (Wildman–Crippen MR) is 153 cm³/mol. The van der Waals surface area contributed by atoms with E-state index in [1.54, 1.807) is 6.66 Å². The summed E-state index contributed by atoms with van der Waals surface area (Å²) in [5.41, 5.74) is 12.1. The number of hydrogen-bond donors (Lipinski definition) is 1. The first-order valence-corrected chi connectivity index (χ1v) is 16.3. The molecule has 1 amide bonds. The number of hydrogen-bond acceptors (Lipinski definition) is 5. The minimum absolute atomic E-state index is 0.401. The third-order valence-corrected chi connectivity index (χ3v) is 12.9. The van der Waals surface area contributed by atoms with E-state index in [-0.39, 0.29) is 0 Å². The van der Waals surface area contributed by atoms with Gasteiger partial charge in [-0.15, -0.1) is 0 Å². The van der Waals surface area contributed by atoms with E-state index in [0.717, 1.165) is 23.5 Å². The Labute approximate surface area is 224 Å². The van der Waals surface area contributed by atoms with E-state index in [9.17, 15) is 9.36 Å². The summed E-state index contributed by atoms with van der Waals surface area (Å²) in [6.45, 7) is 7.37. The molecule has 0 saturated carbocycles. The maximum Gasteiger partial charge on any atom is 0.232 e. The fourth-order valence-corrected chi connectivity index (χ4v) is 10.1. The second kappa shape index (κ2) is 11.9. The average molecular weight is 538 g/mol. The number of benzene rings is 3. The number of aryl methyl sites for hydroxylation is 3. The average Bonchev–Trinajstić information content (AvgIpc) is 2.88. The van der Waals surface area contributed by atoms with E-state index in [2.05, 4.69) is 56.3 Å². The molecule has 4 rings (SSSR count). The van der Waals surface area contributed by atoms with Crippen LogP contribution in [0.5, 0.6) is 5.75 Å². The highest BCUT2D eigenvalue weighted by Gasteiger charge is 2.51. The molecule has 0 radical (unpaired) electrons. The molecule has 1 aliphatic heterocycles. The topological polar surface area (TPSA) is 78.6 Å². The van der Waals surface area contributed by atoms with Crippen molar-refractivity contribution in [3.8, 4) is 16.9 Å². The summed E-state index contributed by atoms with van der Waals surface area (Å²) in [4.78, 5) is 13.1. The molecular formula is C30H36NO4PS. The smallest absolute Gasteiger partial charge is 0.232 e. The Morgan fingerprint density at radius 1 is 1.05 bits per heavy atom. The van der Waals surface area contributed by atoms with Crippen molar-refractivity contribution in [3.05, 3.63) is 83.4 Å². The molecule has 1 saturated heterocycles. The van der Waals surface area contributed by atoms with Crippen molar-refractivity contribution < 1.29 is 18.8 Å². The highest BCUT2D eigenvalue weighted by atomic mass is 32.7. The lowest BCUT2D eigenvalue weighted by Crippen LogP contribution is -2.47. The number of ether oxygens (including phenoxy) is 2. The zero-order chi connectivity index (χ0) is 26.5. The molecule has 1 fully saturated rings. The zero-order valence-electron chi connectivity index (χ0n) is 21.9. The summed E-state index contributed by atoms with van der Waals surface area (Å²) in [7, 11) is 0. The molecule has 3 aromatic rings. The second-order valence-electron chi connectivity index (χ2n) is 9.89. The first-order chi connectivity index (χ1) is 17.7. The molecule has 0 spiro atoms. The first kappa shape index (κ1) is 27.5. The van der Waals surface area contributed by atoms with E-state index in [1.165, 1.54) is 39.2 Å². The van der Waals surface area contributed by atoms with Crippen molar-refractivity contribution in [2.24, 2.45) is 5.73 Å². The lowest BCUT2D eigenvalue weighted by molar-refractivity contribution is -0.122. The van der Waals surface area contributed by atoms with Crippen LogP contribution in [0.15, 0.2) is 71.6 Å².